The molecular formula is C24H21NO5. The van der Waals surface area contributed by atoms with Crippen molar-refractivity contribution in [3.8, 4) is 11.5 Å². The minimum absolute atomic E-state index is 0.411. The van der Waals surface area contributed by atoms with Crippen LogP contribution in [0.4, 0.5) is 5.69 Å². The van der Waals surface area contributed by atoms with Gasteiger partial charge >= 0.3 is 5.97 Å². The first-order chi connectivity index (χ1) is 14.6. The van der Waals surface area contributed by atoms with Gasteiger partial charge < -0.3 is 19.5 Å². The van der Waals surface area contributed by atoms with Crippen molar-refractivity contribution in [1.29, 1.82) is 0 Å². The second-order valence-corrected chi connectivity index (χ2v) is 7.51. The van der Waals surface area contributed by atoms with E-state index in [2.05, 4.69) is 11.4 Å². The van der Waals surface area contributed by atoms with E-state index in [0.29, 0.717) is 36.0 Å². The zero-order valence-corrected chi connectivity index (χ0v) is 16.6. The molecule has 1 aliphatic carbocycles. The minimum Gasteiger partial charge on any atom is -0.486 e. The predicted octanol–water partition coefficient (Wildman–Crippen LogP) is 3.89. The summed E-state index contributed by atoms with van der Waals surface area (Å²) in [5, 5.41) is 4.78. The Kier molecular flexibility index (Phi) is 4.54. The molecule has 0 bridgehead atoms. The third-order valence-corrected chi connectivity index (χ3v) is 5.56. The van der Waals surface area contributed by atoms with Crippen molar-refractivity contribution in [2.24, 2.45) is 0 Å². The molecule has 30 heavy (non-hydrogen) atoms. The summed E-state index contributed by atoms with van der Waals surface area (Å²) < 4.78 is 16.5. The molecule has 3 aromatic rings. The first-order valence-electron chi connectivity index (χ1n) is 10.0. The monoisotopic (exact) mass is 403 g/mol. The van der Waals surface area contributed by atoms with Crippen molar-refractivity contribution in [2.75, 3.05) is 18.5 Å². The summed E-state index contributed by atoms with van der Waals surface area (Å²) in [5.74, 6) is 0.309. The Hall–Kier alpha value is -3.54. The first kappa shape index (κ1) is 18.5. The molecule has 2 aliphatic rings. The number of fused-ring (bicyclic) bond motifs is 1. The number of ether oxygens (including phenoxy) is 3. The van der Waals surface area contributed by atoms with E-state index in [1.54, 1.807) is 31.2 Å². The van der Waals surface area contributed by atoms with Crippen molar-refractivity contribution in [1.82, 2.24) is 0 Å². The predicted molar refractivity (Wildman–Crippen MR) is 112 cm³/mol. The van der Waals surface area contributed by atoms with Gasteiger partial charge in [-0.2, -0.15) is 0 Å². The first-order valence-corrected chi connectivity index (χ1v) is 10.0. The van der Waals surface area contributed by atoms with E-state index in [1.807, 2.05) is 18.2 Å². The van der Waals surface area contributed by atoms with Crippen molar-refractivity contribution in [3.05, 3.63) is 65.2 Å². The number of hydrogen-bond acceptors (Lipinski definition) is 5. The molecule has 6 heteroatoms. The van der Waals surface area contributed by atoms with Crippen LogP contribution in [0.1, 0.15) is 28.4 Å². The average Bonchev–Trinajstić information content (AvgIpc) is 3.18. The van der Waals surface area contributed by atoms with E-state index in [-0.39, 0.29) is 0 Å². The van der Waals surface area contributed by atoms with E-state index in [0.717, 1.165) is 23.6 Å². The fraction of sp³-hybridized carbons (Fsp3) is 0.250. The summed E-state index contributed by atoms with van der Waals surface area (Å²) in [5.41, 5.74) is 3.54. The molecule has 1 aliphatic heterocycles. The van der Waals surface area contributed by atoms with E-state index >= 15 is 0 Å². The van der Waals surface area contributed by atoms with Crippen LogP contribution in [0.15, 0.2) is 48.5 Å². The molecule has 1 N–H and O–H groups in total. The maximum Gasteiger partial charge on any atom is 0.339 e. The topological polar surface area (TPSA) is 73.9 Å². The van der Waals surface area contributed by atoms with Crippen molar-refractivity contribution < 1.29 is 23.8 Å². The minimum atomic E-state index is -0.950. The normalized spacial score (nSPS) is 15.0. The molecule has 0 saturated carbocycles. The molecule has 5 rings (SSSR count). The van der Waals surface area contributed by atoms with E-state index in [4.69, 9.17) is 14.2 Å². The molecule has 1 atom stereocenters. The molecule has 0 aromatic heterocycles. The van der Waals surface area contributed by atoms with Crippen LogP contribution in [-0.2, 0) is 22.4 Å². The number of aryl methyl sites for hydroxylation is 2. The SMILES string of the molecule is CC(OC(=O)c1ccc2c3c(cccc13)CC2)C(=O)Nc1ccc2c(c1)OCCO2. The third kappa shape index (κ3) is 3.24. The molecule has 1 unspecified atom stereocenters. The molecule has 3 aromatic carbocycles. The molecule has 1 amide bonds. The number of carbonyl (C=O) groups excluding carboxylic acids is 2. The summed E-state index contributed by atoms with van der Waals surface area (Å²) in [6, 6.07) is 14.9. The highest BCUT2D eigenvalue weighted by atomic mass is 16.6. The van der Waals surface area contributed by atoms with Gasteiger partial charge in [0.2, 0.25) is 0 Å². The maximum absolute atomic E-state index is 12.8. The van der Waals surface area contributed by atoms with Crippen molar-refractivity contribution >= 4 is 28.3 Å². The molecule has 6 nitrogen and oxygen atoms in total. The van der Waals surface area contributed by atoms with Crippen LogP contribution in [0, 0.1) is 0 Å². The fourth-order valence-corrected chi connectivity index (χ4v) is 4.07. The average molecular weight is 403 g/mol. The number of esters is 1. The largest absolute Gasteiger partial charge is 0.486 e. The van der Waals surface area contributed by atoms with Gasteiger partial charge in [-0.05, 0) is 59.9 Å². The Morgan fingerprint density at radius 3 is 2.57 bits per heavy atom. The van der Waals surface area contributed by atoms with E-state index in [9.17, 15) is 9.59 Å². The van der Waals surface area contributed by atoms with Crippen molar-refractivity contribution in [3.63, 3.8) is 0 Å². The highest BCUT2D eigenvalue weighted by molar-refractivity contribution is 6.08. The van der Waals surface area contributed by atoms with Gasteiger partial charge in [0.15, 0.2) is 17.6 Å². The van der Waals surface area contributed by atoms with Crippen molar-refractivity contribution in [2.45, 2.75) is 25.9 Å². The molecule has 152 valence electrons. The lowest BCUT2D eigenvalue weighted by Crippen LogP contribution is -2.30. The van der Waals surface area contributed by atoms with Crippen LogP contribution < -0.4 is 14.8 Å². The number of nitrogens with one attached hydrogen (secondary N) is 1. The summed E-state index contributed by atoms with van der Waals surface area (Å²) >= 11 is 0. The fourth-order valence-electron chi connectivity index (χ4n) is 4.07. The number of anilines is 1. The highest BCUT2D eigenvalue weighted by Crippen LogP contribution is 2.34. The Morgan fingerprint density at radius 2 is 1.73 bits per heavy atom. The Labute approximate surface area is 173 Å². The van der Waals surface area contributed by atoms with Crippen LogP contribution in [0.5, 0.6) is 11.5 Å². The zero-order chi connectivity index (χ0) is 20.7. The number of amides is 1. The van der Waals surface area contributed by atoms with E-state index in [1.165, 1.54) is 11.1 Å². The second-order valence-electron chi connectivity index (χ2n) is 7.51. The maximum atomic E-state index is 12.8. The van der Waals surface area contributed by atoms with Gasteiger partial charge in [-0.3, -0.25) is 4.79 Å². The molecule has 0 spiro atoms. The van der Waals surface area contributed by atoms with Gasteiger partial charge in [0, 0.05) is 11.8 Å². The van der Waals surface area contributed by atoms with Gasteiger partial charge in [0.05, 0.1) is 5.56 Å². The standard InChI is InChI=1S/C24H21NO5/c1-14(23(26)25-17-8-10-20-21(13-17)29-12-11-28-20)30-24(27)19-9-7-16-6-5-15-3-2-4-18(19)22(15)16/h2-4,7-10,13-14H,5-6,11-12H2,1H3,(H,25,26). The lowest BCUT2D eigenvalue weighted by atomic mass is 10.00. The summed E-state index contributed by atoms with van der Waals surface area (Å²) in [6.07, 6.45) is 1.02. The Morgan fingerprint density at radius 1 is 0.967 bits per heavy atom. The van der Waals surface area contributed by atoms with Gasteiger partial charge in [0.1, 0.15) is 13.2 Å². The van der Waals surface area contributed by atoms with Crippen LogP contribution >= 0.6 is 0 Å². The quantitative estimate of drug-likeness (QED) is 0.669. The number of rotatable bonds is 4. The number of hydrogen-bond donors (Lipinski definition) is 1. The molecule has 0 radical (unpaired) electrons. The van der Waals surface area contributed by atoms with Crippen LogP contribution in [0.2, 0.25) is 0 Å². The third-order valence-electron chi connectivity index (χ3n) is 5.56. The molecule has 0 saturated heterocycles. The lowest BCUT2D eigenvalue weighted by molar-refractivity contribution is -0.123. The number of carbonyl (C=O) groups is 2. The summed E-state index contributed by atoms with van der Waals surface area (Å²) in [4.78, 5) is 25.4. The Balaban J connectivity index is 1.31. The smallest absolute Gasteiger partial charge is 0.339 e. The number of benzene rings is 3. The zero-order valence-electron chi connectivity index (χ0n) is 16.6. The summed E-state index contributed by atoms with van der Waals surface area (Å²) in [7, 11) is 0. The van der Waals surface area contributed by atoms with Crippen LogP contribution in [-0.4, -0.2) is 31.2 Å². The second kappa shape index (κ2) is 7.37. The molecular weight excluding hydrogens is 382 g/mol. The van der Waals surface area contributed by atoms with Gasteiger partial charge in [-0.1, -0.05) is 24.3 Å². The highest BCUT2D eigenvalue weighted by Gasteiger charge is 2.23. The molecule has 0 fully saturated rings. The molecule has 1 heterocycles. The lowest BCUT2D eigenvalue weighted by Gasteiger charge is -2.19. The van der Waals surface area contributed by atoms with Gasteiger partial charge in [-0.25, -0.2) is 4.79 Å². The summed E-state index contributed by atoms with van der Waals surface area (Å²) in [6.45, 7) is 2.53. The van der Waals surface area contributed by atoms with Crippen LogP contribution in [0.25, 0.3) is 10.8 Å². The van der Waals surface area contributed by atoms with Crippen LogP contribution in [0.3, 0.4) is 0 Å². The Bertz CT molecular complexity index is 1160. The van der Waals surface area contributed by atoms with E-state index < -0.39 is 18.0 Å². The van der Waals surface area contributed by atoms with Gasteiger partial charge in [0.25, 0.3) is 5.91 Å². The van der Waals surface area contributed by atoms with Gasteiger partial charge in [-0.15, -0.1) is 0 Å².